The number of hydrogen-bond acceptors (Lipinski definition) is 10. The van der Waals surface area contributed by atoms with Gasteiger partial charge in [0.25, 0.3) is 36.2 Å². The van der Waals surface area contributed by atoms with Crippen LogP contribution in [-0.4, -0.2) is 90.8 Å². The molecular formula is C30H31I2N2O14S4+. The van der Waals surface area contributed by atoms with E-state index in [4.69, 9.17) is 0 Å². The van der Waals surface area contributed by atoms with Crippen molar-refractivity contribution in [3.63, 3.8) is 0 Å². The summed E-state index contributed by atoms with van der Waals surface area (Å²) in [5.74, 6) is -4.13. The Hall–Kier alpha value is -2.56. The van der Waals surface area contributed by atoms with Gasteiger partial charge in [-0.3, -0.25) is 23.0 Å². The van der Waals surface area contributed by atoms with E-state index in [1.807, 2.05) is 51.2 Å². The molecule has 0 spiro atoms. The highest BCUT2D eigenvalue weighted by molar-refractivity contribution is 14.1. The minimum Gasteiger partial charge on any atom is -0.481 e. The maximum absolute atomic E-state index is 12.1. The van der Waals surface area contributed by atoms with Gasteiger partial charge in [-0.1, -0.05) is 30.4 Å². The molecule has 16 nitrogen and oxygen atoms in total. The number of nitrogens with zero attached hydrogens (tertiary/aromatic N) is 2. The van der Waals surface area contributed by atoms with E-state index < -0.39 is 86.1 Å². The molecule has 52 heavy (non-hydrogen) atoms. The number of anilines is 1. The predicted molar refractivity (Wildman–Crippen MR) is 207 cm³/mol. The molecule has 282 valence electrons. The SMILES string of the molecule is CC1(CC(=O)O)C(/C=C/C=C/C=C/C=C2\N(CS(=O)(=O)O)c3ccc(S(=O)(=O)O)cc3C2(C)CS(=O)(=O)O)=[N+](CS(=O)(=O)O)c2cc(I)cc(I)c21. The van der Waals surface area contributed by atoms with Crippen molar-refractivity contribution in [1.29, 1.82) is 0 Å². The number of carbonyl (C=O) groups is 1. The standard InChI is InChI=1S/C30H30I2N2O14S4/c1-29(15-27(35)36)25(34(18-51(43,44)45)24-13-19(31)12-22(32)28(24)29)8-6-4-3-5-7-9-26-30(2,16-49(37,38)39)21-14-20(52(46,47)48)10-11-23(21)33(26)17-50(40,41)42/h3-14H,15-18H2,1-2H3,(H4-,35,36,37,38,39,40,41,42,43,44,45,46,47,48)/p+1. The average Bonchev–Trinajstić information content (AvgIpc) is 3.28. The summed E-state index contributed by atoms with van der Waals surface area (Å²) in [6.45, 7) is 2.94. The molecular weight excluding hydrogens is 994 g/mol. The molecule has 0 saturated carbocycles. The van der Waals surface area contributed by atoms with Crippen LogP contribution in [0.5, 0.6) is 0 Å². The first-order chi connectivity index (χ1) is 23.7. The molecule has 2 aliphatic rings. The molecule has 2 atom stereocenters. The zero-order valence-corrected chi connectivity index (χ0v) is 34.5. The van der Waals surface area contributed by atoms with Crippen LogP contribution in [0, 0.1) is 7.14 Å². The van der Waals surface area contributed by atoms with Crippen molar-refractivity contribution >= 4 is 109 Å². The second kappa shape index (κ2) is 14.9. The first-order valence-electron chi connectivity index (χ1n) is 14.5. The number of fused-ring (bicyclic) bond motifs is 2. The fraction of sp³-hybridized carbons (Fsp3) is 0.267. The monoisotopic (exact) mass is 1020 g/mol. The number of carboxylic acid groups (broad SMARTS) is 1. The van der Waals surface area contributed by atoms with Crippen molar-refractivity contribution in [2.45, 2.75) is 36.0 Å². The summed E-state index contributed by atoms with van der Waals surface area (Å²) in [5.41, 5.74) is -1.94. The zero-order valence-electron chi connectivity index (χ0n) is 27.0. The lowest BCUT2D eigenvalue weighted by Gasteiger charge is -2.28. The molecule has 2 aromatic carbocycles. The molecule has 0 radical (unpaired) electrons. The Morgan fingerprint density at radius 3 is 2.00 bits per heavy atom. The first kappa shape index (κ1) is 42.2. The molecule has 2 aromatic rings. The highest BCUT2D eigenvalue weighted by atomic mass is 127. The summed E-state index contributed by atoms with van der Waals surface area (Å²) in [7, 11) is -18.9. The zero-order chi connectivity index (χ0) is 39.2. The molecule has 0 amide bonds. The van der Waals surface area contributed by atoms with Crippen LogP contribution >= 0.6 is 45.2 Å². The average molecular weight is 1030 g/mol. The van der Waals surface area contributed by atoms with Crippen LogP contribution in [0.3, 0.4) is 0 Å². The minimum atomic E-state index is -4.80. The third-order valence-electron chi connectivity index (χ3n) is 8.25. The van der Waals surface area contributed by atoms with Crippen molar-refractivity contribution in [2.24, 2.45) is 0 Å². The van der Waals surface area contributed by atoms with Gasteiger partial charge in [0.2, 0.25) is 5.69 Å². The van der Waals surface area contributed by atoms with E-state index in [1.54, 1.807) is 13.0 Å². The topological polar surface area (TPSA) is 261 Å². The van der Waals surface area contributed by atoms with Crippen molar-refractivity contribution < 1.29 is 66.4 Å². The van der Waals surface area contributed by atoms with Crippen LogP contribution < -0.4 is 4.90 Å². The molecule has 0 saturated heterocycles. The Labute approximate surface area is 327 Å². The van der Waals surface area contributed by atoms with E-state index in [0.29, 0.717) is 14.8 Å². The summed E-state index contributed by atoms with van der Waals surface area (Å²) in [6, 6.07) is 6.50. The first-order valence-corrected chi connectivity index (χ1v) is 22.9. The molecule has 2 unspecified atom stereocenters. The van der Waals surface area contributed by atoms with Gasteiger partial charge in [0, 0.05) is 30.7 Å². The van der Waals surface area contributed by atoms with Gasteiger partial charge in [0.15, 0.2) is 11.6 Å². The number of benzene rings is 2. The van der Waals surface area contributed by atoms with Crippen LogP contribution in [0.2, 0.25) is 0 Å². The highest BCUT2D eigenvalue weighted by Gasteiger charge is 2.52. The van der Waals surface area contributed by atoms with Gasteiger partial charge in [0.05, 0.1) is 33.5 Å². The Morgan fingerprint density at radius 1 is 0.827 bits per heavy atom. The highest BCUT2D eigenvalue weighted by Crippen LogP contribution is 2.50. The second-order valence-corrected chi connectivity index (χ2v) is 20.4. The molecule has 2 aliphatic heterocycles. The van der Waals surface area contributed by atoms with Crippen LogP contribution in [0.4, 0.5) is 11.4 Å². The van der Waals surface area contributed by atoms with Gasteiger partial charge in [0.1, 0.15) is 0 Å². The predicted octanol–water partition coefficient (Wildman–Crippen LogP) is 3.88. The van der Waals surface area contributed by atoms with E-state index in [2.05, 4.69) is 0 Å². The van der Waals surface area contributed by atoms with E-state index in [9.17, 15) is 61.8 Å². The minimum absolute atomic E-state index is 0.0212. The maximum Gasteiger partial charge on any atom is 0.326 e. The third-order valence-corrected chi connectivity index (χ3v) is 12.7. The smallest absolute Gasteiger partial charge is 0.326 e. The largest absolute Gasteiger partial charge is 0.481 e. The van der Waals surface area contributed by atoms with E-state index in [-0.39, 0.29) is 22.7 Å². The van der Waals surface area contributed by atoms with Gasteiger partial charge in [-0.2, -0.15) is 38.2 Å². The lowest BCUT2D eigenvalue weighted by Crippen LogP contribution is -2.36. The van der Waals surface area contributed by atoms with Crippen LogP contribution in [0.1, 0.15) is 31.4 Å². The van der Waals surface area contributed by atoms with Gasteiger partial charge in [-0.25, -0.2) is 0 Å². The van der Waals surface area contributed by atoms with Crippen molar-refractivity contribution in [3.05, 3.63) is 96.8 Å². The van der Waals surface area contributed by atoms with E-state index in [1.165, 1.54) is 54.0 Å². The van der Waals surface area contributed by atoms with Crippen LogP contribution in [-0.2, 0) is 56.1 Å². The quantitative estimate of drug-likeness (QED) is 0.0826. The van der Waals surface area contributed by atoms with Gasteiger partial charge < -0.3 is 10.0 Å². The van der Waals surface area contributed by atoms with Crippen molar-refractivity contribution in [3.8, 4) is 0 Å². The maximum atomic E-state index is 12.1. The Bertz CT molecular complexity index is 2460. The summed E-state index contributed by atoms with van der Waals surface area (Å²) in [5, 5.41) is 9.80. The fourth-order valence-corrected chi connectivity index (χ4v) is 11.6. The third kappa shape index (κ3) is 9.56. The molecule has 22 heteroatoms. The molecule has 0 aliphatic carbocycles. The molecule has 5 N–H and O–H groups in total. The lowest BCUT2D eigenvalue weighted by atomic mass is 9.76. The Balaban J connectivity index is 1.78. The summed E-state index contributed by atoms with van der Waals surface area (Å²) in [4.78, 5) is 12.4. The van der Waals surface area contributed by atoms with Crippen molar-refractivity contribution in [1.82, 2.24) is 0 Å². The number of carboxylic acids is 1. The Kier molecular flexibility index (Phi) is 12.1. The molecule has 0 aromatic heterocycles. The van der Waals surface area contributed by atoms with Gasteiger partial charge in [-0.05, 0) is 94.9 Å². The lowest BCUT2D eigenvalue weighted by molar-refractivity contribution is -0.416. The number of hydrogen-bond donors (Lipinski definition) is 5. The molecule has 0 fully saturated rings. The number of allylic oxidation sites excluding steroid dienone is 8. The van der Waals surface area contributed by atoms with Crippen LogP contribution in [0.25, 0.3) is 0 Å². The van der Waals surface area contributed by atoms with E-state index in [0.717, 1.165) is 26.7 Å². The normalized spacial score (nSPS) is 22.0. The molecule has 0 bridgehead atoms. The fourth-order valence-electron chi connectivity index (χ4n) is 6.43. The Morgan fingerprint density at radius 2 is 1.44 bits per heavy atom. The molecule has 4 rings (SSSR count). The second-order valence-electron chi connectivity index (χ2n) is 12.2. The summed E-state index contributed by atoms with van der Waals surface area (Å²) in [6.07, 6.45) is 9.59. The van der Waals surface area contributed by atoms with Crippen molar-refractivity contribution in [2.75, 3.05) is 22.4 Å². The van der Waals surface area contributed by atoms with E-state index >= 15 is 0 Å². The van der Waals surface area contributed by atoms with Crippen LogP contribution in [0.15, 0.2) is 83.5 Å². The molecule has 2 heterocycles. The van der Waals surface area contributed by atoms with Gasteiger partial charge >= 0.3 is 16.1 Å². The number of aliphatic carboxylic acids is 1. The number of halogens is 2. The van der Waals surface area contributed by atoms with Gasteiger partial charge in [-0.15, -0.1) is 0 Å². The summed E-state index contributed by atoms with van der Waals surface area (Å²) < 4.78 is 138. The number of rotatable bonds is 13. The summed E-state index contributed by atoms with van der Waals surface area (Å²) >= 11 is 4.08.